The van der Waals surface area contributed by atoms with Crippen molar-refractivity contribution in [2.75, 3.05) is 26.7 Å². The Bertz CT molecular complexity index is 729. The molecule has 0 heterocycles. The van der Waals surface area contributed by atoms with Gasteiger partial charge < -0.3 is 13.6 Å². The molecule has 0 aliphatic heterocycles. The first-order chi connectivity index (χ1) is 11.9. The Morgan fingerprint density at radius 2 is 1.44 bits per heavy atom. The van der Waals surface area contributed by atoms with E-state index in [-0.39, 0.29) is 17.2 Å². The minimum Gasteiger partial charge on any atom is -0.413 e. The molecule has 0 aliphatic carbocycles. The molecule has 0 aromatic heterocycles. The third-order valence-corrected chi connectivity index (χ3v) is 16.5. The second-order valence-electron chi connectivity index (χ2n) is 9.72. The predicted molar refractivity (Wildman–Crippen MR) is 120 cm³/mol. The molecule has 0 radical (unpaired) electrons. The van der Waals surface area contributed by atoms with Crippen molar-refractivity contribution in [2.45, 2.75) is 57.3 Å². The number of Topliss-reactive ketones (excluding diaryl/α,β-unsaturated/α-hetero) is 1. The van der Waals surface area contributed by atoms with Gasteiger partial charge in [0.05, 0.1) is 26.3 Å². The van der Waals surface area contributed by atoms with Gasteiger partial charge in [0.25, 0.3) is 0 Å². The zero-order valence-electron chi connectivity index (χ0n) is 18.3. The lowest BCUT2D eigenvalue weighted by Gasteiger charge is -2.36. The summed E-state index contributed by atoms with van der Waals surface area (Å²) in [7, 11) is -7.07. The van der Waals surface area contributed by atoms with Crippen LogP contribution in [0.5, 0.6) is 0 Å². The molecule has 0 fully saturated rings. The van der Waals surface area contributed by atoms with Gasteiger partial charge in [-0.1, -0.05) is 45.0 Å². The normalized spacial score (nSPS) is 13.9. The van der Waals surface area contributed by atoms with Gasteiger partial charge in [-0.2, -0.15) is 0 Å². The van der Waals surface area contributed by atoms with Crippen LogP contribution < -0.4 is 0 Å². The minimum absolute atomic E-state index is 0.0639. The van der Waals surface area contributed by atoms with Crippen molar-refractivity contribution >= 4 is 28.4 Å². The van der Waals surface area contributed by atoms with Crippen molar-refractivity contribution in [3.8, 4) is 0 Å². The summed E-state index contributed by atoms with van der Waals surface area (Å²) in [4.78, 5) is 12.6. The highest BCUT2D eigenvalue weighted by Crippen LogP contribution is 2.62. The molecule has 0 aliphatic rings. The predicted octanol–water partition coefficient (Wildman–Crippen LogP) is 6.35. The van der Waals surface area contributed by atoms with Gasteiger partial charge in [-0.3, -0.25) is 4.79 Å². The second-order valence-corrected chi connectivity index (χ2v) is 21.9. The number of hydrogen-bond donors (Lipinski definition) is 0. The molecule has 0 saturated carbocycles. The molecule has 0 unspecified atom stereocenters. The average molecular weight is 431 g/mol. The summed E-state index contributed by atoms with van der Waals surface area (Å²) in [5.41, 5.74) is 1.60. The number of ketones is 1. The van der Waals surface area contributed by atoms with Crippen LogP contribution in [0.1, 0.15) is 43.1 Å². The molecule has 27 heavy (non-hydrogen) atoms. The minimum atomic E-state index is -2.63. The van der Waals surface area contributed by atoms with Crippen LogP contribution in [0.4, 0.5) is 0 Å². The fraction of sp³-hybridized carbons (Fsp3) is 0.650. The van der Waals surface area contributed by atoms with E-state index in [0.29, 0.717) is 12.2 Å². The van der Waals surface area contributed by atoms with Crippen molar-refractivity contribution in [3.05, 3.63) is 35.4 Å². The van der Waals surface area contributed by atoms with E-state index in [1.165, 1.54) is 0 Å². The van der Waals surface area contributed by atoms with E-state index < -0.39 is 28.0 Å². The summed E-state index contributed by atoms with van der Waals surface area (Å²) < 4.78 is 31.2. The molecule has 0 N–H and O–H groups in total. The van der Waals surface area contributed by atoms with Gasteiger partial charge in [-0.25, -0.2) is 0 Å². The number of benzene rings is 1. The van der Waals surface area contributed by atoms with Crippen LogP contribution in [-0.4, -0.2) is 46.2 Å². The molecule has 4 nitrogen and oxygen atoms in total. The first kappa shape index (κ1) is 24.6. The average Bonchev–Trinajstić information content (AvgIpc) is 2.47. The highest BCUT2D eigenvalue weighted by atomic mass is 31.2. The van der Waals surface area contributed by atoms with Gasteiger partial charge in [0, 0.05) is 12.0 Å². The molecule has 1 rings (SSSR count). The topological polar surface area (TPSA) is 60.4 Å². The van der Waals surface area contributed by atoms with Gasteiger partial charge in [-0.15, -0.1) is 0 Å². The van der Waals surface area contributed by atoms with E-state index in [4.69, 9.17) is 4.43 Å². The zero-order valence-corrected chi connectivity index (χ0v) is 21.1. The van der Waals surface area contributed by atoms with Crippen LogP contribution in [0.2, 0.25) is 18.1 Å². The van der Waals surface area contributed by atoms with Crippen molar-refractivity contribution in [3.63, 3.8) is 0 Å². The highest BCUT2D eigenvalue weighted by molar-refractivity contribution is 7.80. The molecular formula is C20H36O4P2Si. The van der Waals surface area contributed by atoms with Crippen molar-refractivity contribution < 1.29 is 18.4 Å². The first-order valence-corrected chi connectivity index (χ1v) is 17.6. The summed E-state index contributed by atoms with van der Waals surface area (Å²) in [6.45, 7) is 18.0. The van der Waals surface area contributed by atoms with Crippen molar-refractivity contribution in [2.24, 2.45) is 0 Å². The van der Waals surface area contributed by atoms with E-state index in [0.717, 1.165) is 5.56 Å². The van der Waals surface area contributed by atoms with Crippen LogP contribution in [0.3, 0.4) is 0 Å². The van der Waals surface area contributed by atoms with E-state index >= 15 is 0 Å². The molecule has 7 heteroatoms. The quantitative estimate of drug-likeness (QED) is 0.274. The Hall–Kier alpha value is -0.473. The maximum atomic E-state index is 12.6. The van der Waals surface area contributed by atoms with Crippen molar-refractivity contribution in [1.29, 1.82) is 0 Å². The third kappa shape index (κ3) is 7.13. The molecule has 0 saturated heterocycles. The summed E-state index contributed by atoms with van der Waals surface area (Å²) in [5, 5.41) is -0.403. The van der Waals surface area contributed by atoms with Gasteiger partial charge in [-0.05, 0) is 50.4 Å². The molecule has 0 spiro atoms. The fourth-order valence-corrected chi connectivity index (χ4v) is 10.2. The van der Waals surface area contributed by atoms with Crippen LogP contribution in [0.15, 0.2) is 24.3 Å². The number of hydrogen-bond acceptors (Lipinski definition) is 4. The summed E-state index contributed by atoms with van der Waals surface area (Å²) in [5.74, 6) is -0.107. The second kappa shape index (κ2) is 8.49. The number of carbonyl (C=O) groups excluding carboxylic acids is 1. The van der Waals surface area contributed by atoms with Gasteiger partial charge in [0.15, 0.2) is 14.1 Å². The standard InChI is InChI=1S/C20H36O4P2Si/c1-20(2,3)27(8,9)24-15-16-10-12-17(13-11-16)18(21)14-19(25(4,5)22)26(6,7)23/h10-13,19H,14-15H2,1-9H3. The molecule has 1 aromatic carbocycles. The fourth-order valence-electron chi connectivity index (χ4n) is 2.66. The van der Waals surface area contributed by atoms with Gasteiger partial charge in [0.1, 0.15) is 0 Å². The van der Waals surface area contributed by atoms with Crippen LogP contribution in [-0.2, 0) is 20.2 Å². The lowest BCUT2D eigenvalue weighted by atomic mass is 10.1. The molecule has 0 amide bonds. The summed E-state index contributed by atoms with van der Waals surface area (Å²) >= 11 is 0. The largest absolute Gasteiger partial charge is 0.413 e. The number of carbonyl (C=O) groups is 1. The maximum Gasteiger partial charge on any atom is 0.192 e. The molecule has 0 bridgehead atoms. The Morgan fingerprint density at radius 3 is 1.81 bits per heavy atom. The SMILES string of the molecule is CC(C)(C)[Si](C)(C)OCc1ccc(C(=O)CC(P(C)(C)=O)P(C)(C)=O)cc1. The Labute approximate surface area is 166 Å². The zero-order chi connectivity index (χ0) is 21.3. The van der Waals surface area contributed by atoms with E-state index in [2.05, 4.69) is 33.9 Å². The van der Waals surface area contributed by atoms with Crippen molar-refractivity contribution in [1.82, 2.24) is 0 Å². The van der Waals surface area contributed by atoms with E-state index in [1.54, 1.807) is 38.8 Å². The summed E-state index contributed by atoms with van der Waals surface area (Å²) in [6, 6.07) is 7.39. The maximum absolute atomic E-state index is 12.6. The van der Waals surface area contributed by atoms with Crippen LogP contribution >= 0.6 is 14.3 Å². The highest BCUT2D eigenvalue weighted by Gasteiger charge is 2.37. The Balaban J connectivity index is 2.86. The number of rotatable bonds is 8. The smallest absolute Gasteiger partial charge is 0.192 e. The monoisotopic (exact) mass is 430 g/mol. The van der Waals surface area contributed by atoms with Gasteiger partial charge >= 0.3 is 0 Å². The van der Waals surface area contributed by atoms with E-state index in [1.807, 2.05) is 12.1 Å². The summed E-state index contributed by atoms with van der Waals surface area (Å²) in [6.07, 6.45) is 0.0639. The lowest BCUT2D eigenvalue weighted by Crippen LogP contribution is -2.40. The lowest BCUT2D eigenvalue weighted by molar-refractivity contribution is 0.0985. The molecule has 1 aromatic rings. The van der Waals surface area contributed by atoms with Crippen LogP contribution in [0, 0.1) is 0 Å². The third-order valence-electron chi connectivity index (χ3n) is 5.49. The molecule has 154 valence electrons. The Morgan fingerprint density at radius 1 is 1.00 bits per heavy atom. The Kier molecular flexibility index (Phi) is 7.73. The molecule has 0 atom stereocenters. The van der Waals surface area contributed by atoms with Gasteiger partial charge in [0.2, 0.25) is 0 Å². The van der Waals surface area contributed by atoms with Crippen LogP contribution in [0.25, 0.3) is 0 Å². The molecular weight excluding hydrogens is 394 g/mol. The first-order valence-electron chi connectivity index (χ1n) is 9.30. The van der Waals surface area contributed by atoms with E-state index in [9.17, 15) is 13.9 Å².